The number of alkyl carbamates (subject to hydrolysis) is 2. The van der Waals surface area contributed by atoms with E-state index in [1.54, 1.807) is 65.3 Å². The molecular weight excluding hydrogens is 1730 g/mol. The van der Waals surface area contributed by atoms with Gasteiger partial charge in [-0.1, -0.05) is 82.0 Å². The Morgan fingerprint density at radius 2 is 0.774 bits per heavy atom. The summed E-state index contributed by atoms with van der Waals surface area (Å²) in [7, 11) is 0. The second kappa shape index (κ2) is 42.1. The lowest BCUT2D eigenvalue weighted by Crippen LogP contribution is -2.49. The second-order valence-corrected chi connectivity index (χ2v) is 33.3. The molecule has 6 atom stereocenters. The zero-order valence-corrected chi connectivity index (χ0v) is 72.9. The Labute approximate surface area is 737 Å². The van der Waals surface area contributed by atoms with E-state index in [0.29, 0.717) is 40.3 Å². The largest absolute Gasteiger partial charge is 0.444 e. The molecule has 0 bridgehead atoms. The monoisotopic (exact) mass is 1820 g/mol. The fourth-order valence-electron chi connectivity index (χ4n) is 13.8. The van der Waals surface area contributed by atoms with E-state index in [4.69, 9.17) is 54.3 Å². The van der Waals surface area contributed by atoms with Gasteiger partial charge in [0, 0.05) is 130 Å². The lowest BCUT2D eigenvalue weighted by atomic mass is 9.90. The summed E-state index contributed by atoms with van der Waals surface area (Å²) in [5.41, 5.74) is 30.3. The molecular formula is C85H96Br2ClN31O5. The van der Waals surface area contributed by atoms with Gasteiger partial charge in [0.15, 0.2) is 33.9 Å². The highest BCUT2D eigenvalue weighted by Gasteiger charge is 2.32. The summed E-state index contributed by atoms with van der Waals surface area (Å²) in [5.74, 6) is 1.41. The molecule has 0 spiro atoms. The number of amides is 3. The topological polar surface area (TPSA) is 490 Å². The van der Waals surface area contributed by atoms with E-state index < -0.39 is 29.3 Å². The maximum atomic E-state index is 12.4. The quantitative estimate of drug-likeness (QED) is 0.0335. The van der Waals surface area contributed by atoms with Crippen molar-refractivity contribution in [1.29, 1.82) is 10.5 Å². The van der Waals surface area contributed by atoms with Gasteiger partial charge in [0.05, 0.1) is 64.8 Å². The summed E-state index contributed by atoms with van der Waals surface area (Å²) in [4.78, 5) is 62.6. The minimum Gasteiger partial charge on any atom is -0.444 e. The molecule has 0 unspecified atom stereocenters. The van der Waals surface area contributed by atoms with Crippen molar-refractivity contribution in [3.63, 3.8) is 0 Å². The van der Waals surface area contributed by atoms with Crippen molar-refractivity contribution in [2.75, 3.05) is 38.1 Å². The molecule has 39 heteroatoms. The Morgan fingerprint density at radius 3 is 1.13 bits per heavy atom. The number of carbonyl (C=O) groups is 3. The number of ether oxygens (including phenoxy) is 2. The Bertz CT molecular complexity index is 5550. The van der Waals surface area contributed by atoms with Gasteiger partial charge in [-0.15, -0.1) is 0 Å². The summed E-state index contributed by atoms with van der Waals surface area (Å²) < 4.78 is 23.3. The van der Waals surface area contributed by atoms with Crippen LogP contribution < -0.4 is 60.2 Å². The van der Waals surface area contributed by atoms with Crippen molar-refractivity contribution in [1.82, 2.24) is 99.2 Å². The normalized spacial score (nSPS) is 16.6. The molecule has 124 heavy (non-hydrogen) atoms. The number of anilines is 9. The standard InChI is InChI=1S/C28H32N10O2.C23H26N10O.C16H22ClN5O2.C12H11N5.C6H5Br2N/c1-28(2,3)40-27(39)35-23-9-5-4-8-22(23)34-25-18-30-24(17-29)26(36-25)33-19-14-20(37-12-6-10-31-37)16-21(15-19)38-13-7-11-32-38;24-18-5-1-2-6-19(18)30-20-14-26-21(22(25)34)23(31-20)29-15-11-16(32-9-3-7-27-32)13-17(12-15)33-10-4-8-28-33;1-16(2,3)24-15(23)21-11-7-5-4-6-10(11)20-13-9-19-12(8-18)14(17)22-13;13-10-7-11(16-5-1-3-14-16)9-12(8-10)17-6-2-4-15-17;7-4-1-5(8)3-6(9)2-4/h6-7,10-16,18,22-23H,4-5,8-9H2,1-3H3,(H,35,39)(H2,33,34,36);3-4,7-14,18-19H,1-2,5-6,24H2,(H2,25,34)(H2,29,30,31);9-11H,4-7H2,1-3H3,(H,20,22)(H,21,23);1-9H,13H2;1-3H,9H2/t22-,23+;18-,19+;10-,11+;;/m101../s1. The van der Waals surface area contributed by atoms with Crippen LogP contribution in [0.15, 0.2) is 211 Å². The maximum absolute atomic E-state index is 12.4. The molecule has 36 nitrogen and oxygen atoms in total. The first kappa shape index (κ1) is 89.4. The number of nitrogens with two attached hydrogens (primary N) is 4. The van der Waals surface area contributed by atoms with E-state index >= 15 is 0 Å². The molecule has 642 valence electrons. The predicted molar refractivity (Wildman–Crippen MR) is 480 cm³/mol. The van der Waals surface area contributed by atoms with Gasteiger partial charge in [-0.2, -0.15) is 41.1 Å². The van der Waals surface area contributed by atoms with Crippen molar-refractivity contribution in [3.8, 4) is 46.3 Å². The second-order valence-electron chi connectivity index (χ2n) is 31.1. The molecule has 3 fully saturated rings. The summed E-state index contributed by atoms with van der Waals surface area (Å²) >= 11 is 12.5. The maximum Gasteiger partial charge on any atom is 0.407 e. The van der Waals surface area contributed by atoms with Gasteiger partial charge in [-0.05, 0) is 189 Å². The number of benzene rings is 4. The average molecular weight is 1830 g/mol. The molecule has 3 saturated carbocycles. The Hall–Kier alpha value is -13.8. The summed E-state index contributed by atoms with van der Waals surface area (Å²) in [6.07, 6.45) is 36.8. The molecule has 9 aromatic heterocycles. The number of aromatic nitrogens is 18. The number of primary amides is 1. The highest BCUT2D eigenvalue weighted by molar-refractivity contribution is 9.11. The first-order chi connectivity index (χ1) is 59.6. The van der Waals surface area contributed by atoms with Crippen LogP contribution in [-0.2, 0) is 9.47 Å². The molecule has 3 aliphatic rings. The molecule has 3 amide bonds. The highest BCUT2D eigenvalue weighted by atomic mass is 79.9. The fraction of sp³-hybridized carbons (Fsp3) is 0.306. The van der Waals surface area contributed by atoms with Crippen LogP contribution in [0.3, 0.4) is 0 Å². The van der Waals surface area contributed by atoms with Crippen molar-refractivity contribution in [3.05, 3.63) is 233 Å². The first-order valence-corrected chi connectivity index (χ1v) is 42.0. The van der Waals surface area contributed by atoms with Gasteiger partial charge < -0.3 is 69.6 Å². The fourth-order valence-corrected chi connectivity index (χ4v) is 15.3. The van der Waals surface area contributed by atoms with Gasteiger partial charge in [0.2, 0.25) is 0 Å². The molecule has 13 aromatic rings. The van der Waals surface area contributed by atoms with Crippen LogP contribution in [0.4, 0.5) is 61.4 Å². The number of carbonyl (C=O) groups excluding carboxylic acids is 3. The Kier molecular flexibility index (Phi) is 30.4. The number of hydrogen-bond acceptors (Lipinski definition) is 27. The van der Waals surface area contributed by atoms with E-state index in [1.165, 1.54) is 18.6 Å². The van der Waals surface area contributed by atoms with E-state index in [-0.39, 0.29) is 64.3 Å². The average Bonchev–Trinajstić information content (AvgIpc) is 1.29. The van der Waals surface area contributed by atoms with E-state index in [1.807, 2.05) is 194 Å². The number of hydrogen-bond donors (Lipinski definition) is 11. The van der Waals surface area contributed by atoms with E-state index in [0.717, 1.165) is 126 Å². The highest BCUT2D eigenvalue weighted by Crippen LogP contribution is 2.32. The molecule has 4 aromatic carbocycles. The molecule has 0 aliphatic heterocycles. The number of nitriles is 2. The number of nitrogens with one attached hydrogen (secondary N) is 7. The minimum absolute atomic E-state index is 0.00423. The van der Waals surface area contributed by atoms with Gasteiger partial charge in [-0.3, -0.25) is 4.79 Å². The first-order valence-electron chi connectivity index (χ1n) is 40.0. The Balaban J connectivity index is 0.000000151. The third kappa shape index (κ3) is 26.1. The number of rotatable bonds is 19. The predicted octanol–water partition coefficient (Wildman–Crippen LogP) is 14.8. The molecule has 0 saturated heterocycles. The van der Waals surface area contributed by atoms with E-state index in [9.17, 15) is 19.6 Å². The third-order valence-corrected chi connectivity index (χ3v) is 20.4. The zero-order chi connectivity index (χ0) is 87.9. The van der Waals surface area contributed by atoms with Gasteiger partial charge in [-0.25, -0.2) is 67.6 Å². The molecule has 3 aliphatic carbocycles. The minimum atomic E-state index is -0.675. The van der Waals surface area contributed by atoms with Crippen LogP contribution in [-0.4, -0.2) is 154 Å². The van der Waals surface area contributed by atoms with Crippen LogP contribution in [0, 0.1) is 22.7 Å². The summed E-state index contributed by atoms with van der Waals surface area (Å²) in [5, 5.41) is 66.8. The molecule has 9 heterocycles. The summed E-state index contributed by atoms with van der Waals surface area (Å²) in [6, 6.07) is 37.9. The van der Waals surface area contributed by atoms with Crippen LogP contribution in [0.5, 0.6) is 0 Å². The Morgan fingerprint density at radius 1 is 0.444 bits per heavy atom. The summed E-state index contributed by atoms with van der Waals surface area (Å²) in [6.45, 7) is 11.0. The molecule has 0 radical (unpaired) electrons. The van der Waals surface area contributed by atoms with Gasteiger partial charge in [0.1, 0.15) is 40.8 Å². The molecule has 16 rings (SSSR count). The number of nitrogen functional groups attached to an aromatic ring is 2. The number of nitrogens with zero attached hydrogens (tertiary/aromatic N) is 20. The van der Waals surface area contributed by atoms with Crippen LogP contribution in [0.25, 0.3) is 34.1 Å². The van der Waals surface area contributed by atoms with Crippen LogP contribution in [0.1, 0.15) is 140 Å². The molecule has 15 N–H and O–H groups in total. The van der Waals surface area contributed by atoms with Crippen LogP contribution in [0.2, 0.25) is 5.15 Å². The third-order valence-electron chi connectivity index (χ3n) is 19.2. The van der Waals surface area contributed by atoms with Crippen LogP contribution >= 0.6 is 43.5 Å². The lowest BCUT2D eigenvalue weighted by Gasteiger charge is -2.33. The van der Waals surface area contributed by atoms with Crippen molar-refractivity contribution >= 4 is 113 Å². The van der Waals surface area contributed by atoms with Crippen molar-refractivity contribution in [2.24, 2.45) is 11.5 Å². The lowest BCUT2D eigenvalue weighted by molar-refractivity contribution is 0.0477. The van der Waals surface area contributed by atoms with Gasteiger partial charge in [0.25, 0.3) is 5.91 Å². The number of halogens is 3. The van der Waals surface area contributed by atoms with Crippen molar-refractivity contribution in [2.45, 2.75) is 166 Å². The van der Waals surface area contributed by atoms with E-state index in [2.05, 4.69) is 131 Å². The smallest absolute Gasteiger partial charge is 0.407 e. The SMILES string of the molecule is CC(C)(C)OC(=O)N[C@H]1CCCC[C@H]1Nc1cnc(C#N)c(Cl)n1.CC(C)(C)OC(=O)N[C@H]1CCCC[C@H]1Nc1cnc(C#N)c(Nc2cc(-n3cccn3)cc(-n3cccn3)c2)n1.NC(=O)c1ncc(N[C@@H]2CCCC[C@@H]2N)nc1Nc1cc(-n2cccn2)cc(-n2cccn2)c1.Nc1cc(-n2cccn2)cc(-n2cccn2)c1.Nc1cc(Br)cc(Br)c1. The van der Waals surface area contributed by atoms with Gasteiger partial charge >= 0.3 is 12.2 Å². The van der Waals surface area contributed by atoms with Crippen molar-refractivity contribution < 1.29 is 23.9 Å². The zero-order valence-electron chi connectivity index (χ0n) is 68.9.